The molecule has 0 spiro atoms. The van der Waals surface area contributed by atoms with Crippen LogP contribution in [0.5, 0.6) is 0 Å². The fourth-order valence-electron chi connectivity index (χ4n) is 1.49. The van der Waals surface area contributed by atoms with Crippen molar-refractivity contribution in [3.8, 4) is 0 Å². The fraction of sp³-hybridized carbons (Fsp3) is 0.600. The van der Waals surface area contributed by atoms with Gasteiger partial charge in [-0.1, -0.05) is 26.0 Å². The van der Waals surface area contributed by atoms with E-state index >= 15 is 0 Å². The number of hydrogen-bond acceptors (Lipinski definition) is 2. The van der Waals surface area contributed by atoms with E-state index in [2.05, 4.69) is 19.9 Å². The molecule has 0 N–H and O–H groups in total. The fourth-order valence-corrected chi connectivity index (χ4v) is 1.49. The predicted molar refractivity (Wildman–Crippen MR) is 51.8 cm³/mol. The summed E-state index contributed by atoms with van der Waals surface area (Å²) < 4.78 is 0. The largest absolute Gasteiger partial charge is 0.259 e. The van der Waals surface area contributed by atoms with E-state index in [0.717, 1.165) is 5.57 Å². The third-order valence-corrected chi connectivity index (χ3v) is 2.55. The van der Waals surface area contributed by atoms with Crippen molar-refractivity contribution in [2.45, 2.75) is 27.2 Å². The lowest BCUT2D eigenvalue weighted by atomic mass is 9.86. The van der Waals surface area contributed by atoms with Gasteiger partial charge >= 0.3 is 0 Å². The van der Waals surface area contributed by atoms with E-state index in [1.54, 1.807) is 6.92 Å². The summed E-state index contributed by atoms with van der Waals surface area (Å²) in [5.74, 6) is 0.795. The van der Waals surface area contributed by atoms with Crippen molar-refractivity contribution < 1.29 is 4.92 Å². The first kappa shape index (κ1) is 9.96. The van der Waals surface area contributed by atoms with Gasteiger partial charge < -0.3 is 0 Å². The molecule has 13 heavy (non-hydrogen) atoms. The summed E-state index contributed by atoms with van der Waals surface area (Å²) in [6.45, 7) is 5.98. The summed E-state index contributed by atoms with van der Waals surface area (Å²) >= 11 is 0. The van der Waals surface area contributed by atoms with Crippen molar-refractivity contribution in [3.05, 3.63) is 33.5 Å². The van der Waals surface area contributed by atoms with Crippen molar-refractivity contribution in [2.24, 2.45) is 11.8 Å². The maximum absolute atomic E-state index is 10.6. The lowest BCUT2D eigenvalue weighted by molar-refractivity contribution is -0.430. The highest BCUT2D eigenvalue weighted by Gasteiger charge is 2.24. The molecule has 0 unspecified atom stereocenters. The van der Waals surface area contributed by atoms with Crippen molar-refractivity contribution in [2.75, 3.05) is 0 Å². The minimum atomic E-state index is -0.256. The number of allylic oxidation sites excluding steroid dienone is 4. The molecule has 0 fully saturated rings. The molecule has 0 aliphatic heterocycles. The van der Waals surface area contributed by atoms with Gasteiger partial charge in [0.1, 0.15) is 0 Å². The van der Waals surface area contributed by atoms with Crippen LogP contribution in [0, 0.1) is 22.0 Å². The second-order valence-electron chi connectivity index (χ2n) is 3.86. The number of hydrogen-bond donors (Lipinski definition) is 0. The topological polar surface area (TPSA) is 43.1 Å². The maximum atomic E-state index is 10.6. The Morgan fingerprint density at radius 1 is 1.62 bits per heavy atom. The second-order valence-corrected chi connectivity index (χ2v) is 3.86. The third kappa shape index (κ3) is 2.17. The number of nitro groups is 1. The Labute approximate surface area is 78.3 Å². The molecule has 0 saturated carbocycles. The molecule has 1 atom stereocenters. The van der Waals surface area contributed by atoms with Crippen LogP contribution in [0.2, 0.25) is 0 Å². The van der Waals surface area contributed by atoms with Crippen LogP contribution in [-0.2, 0) is 0 Å². The molecule has 1 aliphatic carbocycles. The van der Waals surface area contributed by atoms with Crippen LogP contribution in [-0.4, -0.2) is 4.92 Å². The van der Waals surface area contributed by atoms with Gasteiger partial charge in [0.15, 0.2) is 0 Å². The van der Waals surface area contributed by atoms with E-state index in [0.29, 0.717) is 24.0 Å². The first-order valence-electron chi connectivity index (χ1n) is 4.54. The zero-order chi connectivity index (χ0) is 10.0. The van der Waals surface area contributed by atoms with Crippen molar-refractivity contribution >= 4 is 0 Å². The minimum absolute atomic E-state index is 0.256. The first-order valence-corrected chi connectivity index (χ1v) is 4.54. The van der Waals surface area contributed by atoms with E-state index in [-0.39, 0.29) is 4.92 Å². The van der Waals surface area contributed by atoms with Gasteiger partial charge in [-0.3, -0.25) is 10.1 Å². The van der Waals surface area contributed by atoms with Gasteiger partial charge in [0, 0.05) is 12.0 Å². The average Bonchev–Trinajstić information content (AvgIpc) is 2.04. The van der Waals surface area contributed by atoms with E-state index in [1.165, 1.54) is 0 Å². The molecule has 1 rings (SSSR count). The van der Waals surface area contributed by atoms with E-state index < -0.39 is 0 Å². The van der Waals surface area contributed by atoms with Gasteiger partial charge in [0.2, 0.25) is 5.70 Å². The second kappa shape index (κ2) is 3.73. The molecule has 0 radical (unpaired) electrons. The van der Waals surface area contributed by atoms with Gasteiger partial charge in [-0.2, -0.15) is 0 Å². The van der Waals surface area contributed by atoms with Crippen molar-refractivity contribution in [1.82, 2.24) is 0 Å². The van der Waals surface area contributed by atoms with Crippen LogP contribution in [0.1, 0.15) is 27.2 Å². The third-order valence-electron chi connectivity index (χ3n) is 2.55. The normalized spacial score (nSPS) is 22.6. The number of nitrogens with zero attached hydrogens (tertiary/aromatic N) is 1. The molecule has 0 amide bonds. The van der Waals surface area contributed by atoms with Gasteiger partial charge in [0.25, 0.3) is 0 Å². The quantitative estimate of drug-likeness (QED) is 0.485. The molecule has 1 aliphatic rings. The Hall–Kier alpha value is -1.12. The van der Waals surface area contributed by atoms with Crippen LogP contribution >= 0.6 is 0 Å². The average molecular weight is 181 g/mol. The highest BCUT2D eigenvalue weighted by Crippen LogP contribution is 2.28. The maximum Gasteiger partial charge on any atom is 0.249 e. The molecule has 3 nitrogen and oxygen atoms in total. The summed E-state index contributed by atoms with van der Waals surface area (Å²) in [6.07, 6.45) is 4.52. The Balaban J connectivity index is 2.84. The van der Waals surface area contributed by atoms with E-state index in [9.17, 15) is 10.1 Å². The smallest absolute Gasteiger partial charge is 0.249 e. The number of rotatable bonds is 2. The standard InChI is InChI=1S/C10H15NO2/c1-7(2)9-5-4-8(3)10(6-9)11(12)13/h4-5,7,9H,6H2,1-3H3/t9-/m1/s1. The van der Waals surface area contributed by atoms with Crippen molar-refractivity contribution in [1.29, 1.82) is 0 Å². The molecule has 0 aromatic rings. The van der Waals surface area contributed by atoms with Crippen LogP contribution in [0.25, 0.3) is 0 Å². The summed E-state index contributed by atoms with van der Waals surface area (Å²) in [5, 5.41) is 10.6. The summed E-state index contributed by atoms with van der Waals surface area (Å²) in [4.78, 5) is 10.4. The van der Waals surface area contributed by atoms with Gasteiger partial charge in [-0.05, 0) is 18.8 Å². The molecule has 0 saturated heterocycles. The van der Waals surface area contributed by atoms with Crippen LogP contribution in [0.4, 0.5) is 0 Å². The SMILES string of the molecule is CC1=C([N+](=O)[O-])C[C@H](C(C)C)C=C1. The molecular weight excluding hydrogens is 166 g/mol. The zero-order valence-electron chi connectivity index (χ0n) is 8.28. The van der Waals surface area contributed by atoms with E-state index in [1.807, 2.05) is 6.08 Å². The van der Waals surface area contributed by atoms with Crippen LogP contribution in [0.15, 0.2) is 23.4 Å². The van der Waals surface area contributed by atoms with Gasteiger partial charge in [-0.15, -0.1) is 0 Å². The van der Waals surface area contributed by atoms with Crippen molar-refractivity contribution in [3.63, 3.8) is 0 Å². The first-order chi connectivity index (χ1) is 6.02. The molecule has 72 valence electrons. The molecule has 0 aromatic carbocycles. The molecule has 0 bridgehead atoms. The molecule has 0 heterocycles. The molecule has 0 aromatic heterocycles. The minimum Gasteiger partial charge on any atom is -0.259 e. The molecular formula is C10H15NO2. The van der Waals surface area contributed by atoms with E-state index in [4.69, 9.17) is 0 Å². The van der Waals surface area contributed by atoms with Gasteiger partial charge in [-0.25, -0.2) is 0 Å². The van der Waals surface area contributed by atoms with Crippen LogP contribution in [0.3, 0.4) is 0 Å². The van der Waals surface area contributed by atoms with Gasteiger partial charge in [0.05, 0.1) is 4.92 Å². The van der Waals surface area contributed by atoms with Crippen LogP contribution < -0.4 is 0 Å². The summed E-state index contributed by atoms with van der Waals surface area (Å²) in [6, 6.07) is 0. The Morgan fingerprint density at radius 2 is 2.23 bits per heavy atom. The molecule has 3 heteroatoms. The lowest BCUT2D eigenvalue weighted by Crippen LogP contribution is -2.15. The Kier molecular flexibility index (Phi) is 2.86. The highest BCUT2D eigenvalue weighted by molar-refractivity contribution is 5.25. The monoisotopic (exact) mass is 181 g/mol. The highest BCUT2D eigenvalue weighted by atomic mass is 16.6. The summed E-state index contributed by atoms with van der Waals surface area (Å²) in [7, 11) is 0. The predicted octanol–water partition coefficient (Wildman–Crippen LogP) is 2.77. The zero-order valence-corrected chi connectivity index (χ0v) is 8.28. The summed E-state index contributed by atoms with van der Waals surface area (Å²) in [5.41, 5.74) is 1.17. The Bertz CT molecular complexity index is 277. The lowest BCUT2D eigenvalue weighted by Gasteiger charge is -2.19. The Morgan fingerprint density at radius 3 is 2.69 bits per heavy atom.